The number of hydrogen-bond acceptors (Lipinski definition) is 3. The second-order valence-corrected chi connectivity index (χ2v) is 5.88. The Balaban J connectivity index is 1.72. The van der Waals surface area contributed by atoms with Gasteiger partial charge < -0.3 is 15.0 Å². The van der Waals surface area contributed by atoms with Crippen molar-refractivity contribution < 1.29 is 18.7 Å². The summed E-state index contributed by atoms with van der Waals surface area (Å²) < 4.78 is 18.5. The van der Waals surface area contributed by atoms with Crippen molar-refractivity contribution in [1.82, 2.24) is 4.90 Å². The van der Waals surface area contributed by atoms with E-state index in [1.165, 1.54) is 19.2 Å². The molecule has 0 saturated carbocycles. The molecule has 2 aromatic carbocycles. The van der Waals surface area contributed by atoms with E-state index in [4.69, 9.17) is 4.74 Å². The average Bonchev–Trinajstić information content (AvgIpc) is 3.16. The lowest BCUT2D eigenvalue weighted by atomic mass is 10.1. The van der Waals surface area contributed by atoms with Gasteiger partial charge in [-0.1, -0.05) is 0 Å². The summed E-state index contributed by atoms with van der Waals surface area (Å²) in [6.45, 7) is 1.58. The van der Waals surface area contributed by atoms with Crippen molar-refractivity contribution in [1.29, 1.82) is 0 Å². The third-order valence-corrected chi connectivity index (χ3v) is 4.19. The van der Waals surface area contributed by atoms with E-state index in [1.54, 1.807) is 24.3 Å². The number of ether oxygens (including phenoxy) is 1. The van der Waals surface area contributed by atoms with Crippen LogP contribution in [0.25, 0.3) is 0 Å². The fourth-order valence-electron chi connectivity index (χ4n) is 2.86. The number of hydrogen-bond donors (Lipinski definition) is 1. The summed E-state index contributed by atoms with van der Waals surface area (Å²) in [6, 6.07) is 10.4. The second-order valence-electron chi connectivity index (χ2n) is 5.88. The number of amides is 2. The smallest absolute Gasteiger partial charge is 0.259 e. The molecule has 1 saturated heterocycles. The number of rotatable bonds is 4. The number of nitrogens with zero attached hydrogens (tertiary/aromatic N) is 1. The van der Waals surface area contributed by atoms with Gasteiger partial charge in [0.25, 0.3) is 11.8 Å². The van der Waals surface area contributed by atoms with E-state index in [9.17, 15) is 14.0 Å². The number of halogens is 1. The van der Waals surface area contributed by atoms with Crippen LogP contribution in [-0.2, 0) is 0 Å². The van der Waals surface area contributed by atoms with Gasteiger partial charge in [0.15, 0.2) is 0 Å². The van der Waals surface area contributed by atoms with E-state index in [1.807, 2.05) is 4.90 Å². The van der Waals surface area contributed by atoms with E-state index in [2.05, 4.69) is 5.32 Å². The maximum atomic E-state index is 13.4. The number of anilines is 1. The number of likely N-dealkylation sites (tertiary alicyclic amines) is 1. The van der Waals surface area contributed by atoms with Gasteiger partial charge in [-0.15, -0.1) is 0 Å². The normalized spacial score (nSPS) is 13.6. The fourth-order valence-corrected chi connectivity index (χ4v) is 2.86. The average molecular weight is 342 g/mol. The van der Waals surface area contributed by atoms with Gasteiger partial charge in [0.1, 0.15) is 11.6 Å². The maximum Gasteiger partial charge on any atom is 0.259 e. The zero-order chi connectivity index (χ0) is 17.8. The molecule has 1 N–H and O–H groups in total. The Hall–Kier alpha value is -2.89. The van der Waals surface area contributed by atoms with Gasteiger partial charge in [-0.3, -0.25) is 9.59 Å². The third kappa shape index (κ3) is 3.79. The lowest BCUT2D eigenvalue weighted by Gasteiger charge is -2.15. The zero-order valence-electron chi connectivity index (χ0n) is 13.9. The molecule has 1 aliphatic rings. The maximum absolute atomic E-state index is 13.4. The van der Waals surface area contributed by atoms with Crippen molar-refractivity contribution in [2.24, 2.45) is 0 Å². The Kier molecular flexibility index (Phi) is 4.97. The minimum atomic E-state index is -0.516. The first-order valence-electron chi connectivity index (χ1n) is 8.13. The van der Waals surface area contributed by atoms with Gasteiger partial charge in [-0.05, 0) is 55.3 Å². The highest BCUT2D eigenvalue weighted by Crippen LogP contribution is 2.21. The highest BCUT2D eigenvalue weighted by molar-refractivity contribution is 6.06. The molecule has 25 heavy (non-hydrogen) atoms. The van der Waals surface area contributed by atoms with Crippen LogP contribution < -0.4 is 10.1 Å². The number of carbonyl (C=O) groups is 2. The Morgan fingerprint density at radius 3 is 2.40 bits per heavy atom. The second kappa shape index (κ2) is 7.34. The van der Waals surface area contributed by atoms with Crippen molar-refractivity contribution in [2.75, 3.05) is 25.5 Å². The third-order valence-electron chi connectivity index (χ3n) is 4.19. The lowest BCUT2D eigenvalue weighted by Crippen LogP contribution is -2.27. The summed E-state index contributed by atoms with van der Waals surface area (Å²) >= 11 is 0. The topological polar surface area (TPSA) is 58.6 Å². The highest BCUT2D eigenvalue weighted by Gasteiger charge is 2.19. The van der Waals surface area contributed by atoms with E-state index in [0.29, 0.717) is 17.0 Å². The quantitative estimate of drug-likeness (QED) is 0.927. The van der Waals surface area contributed by atoms with Crippen LogP contribution in [0.2, 0.25) is 0 Å². The summed E-state index contributed by atoms with van der Waals surface area (Å²) in [7, 11) is 1.42. The van der Waals surface area contributed by atoms with Crippen molar-refractivity contribution in [3.8, 4) is 5.75 Å². The van der Waals surface area contributed by atoms with Crippen LogP contribution in [0, 0.1) is 5.82 Å². The van der Waals surface area contributed by atoms with Gasteiger partial charge in [0, 0.05) is 24.3 Å². The predicted molar refractivity (Wildman–Crippen MR) is 92.5 cm³/mol. The molecule has 0 unspecified atom stereocenters. The van der Waals surface area contributed by atoms with E-state index in [0.717, 1.165) is 32.0 Å². The molecule has 6 heteroatoms. The first-order valence-corrected chi connectivity index (χ1v) is 8.13. The summed E-state index contributed by atoms with van der Waals surface area (Å²) in [6.07, 6.45) is 2.07. The van der Waals surface area contributed by atoms with Crippen LogP contribution in [0.5, 0.6) is 5.75 Å². The van der Waals surface area contributed by atoms with Gasteiger partial charge in [-0.2, -0.15) is 0 Å². The van der Waals surface area contributed by atoms with Crippen molar-refractivity contribution in [3.63, 3.8) is 0 Å². The SMILES string of the molecule is COc1ccc(F)cc1C(=O)Nc1ccc(C(=O)N2CCCC2)cc1. The van der Waals surface area contributed by atoms with Gasteiger partial charge in [-0.25, -0.2) is 4.39 Å². The molecule has 2 aromatic rings. The molecular formula is C19H19FN2O3. The van der Waals surface area contributed by atoms with E-state index < -0.39 is 11.7 Å². The molecule has 0 aromatic heterocycles. The van der Waals surface area contributed by atoms with E-state index >= 15 is 0 Å². The minimum Gasteiger partial charge on any atom is -0.496 e. The van der Waals surface area contributed by atoms with Crippen LogP contribution >= 0.6 is 0 Å². The van der Waals surface area contributed by atoms with Gasteiger partial charge >= 0.3 is 0 Å². The number of benzene rings is 2. The number of carbonyl (C=O) groups excluding carboxylic acids is 2. The molecule has 0 spiro atoms. The molecule has 0 bridgehead atoms. The Bertz CT molecular complexity index is 784. The van der Waals surface area contributed by atoms with Gasteiger partial charge in [0.05, 0.1) is 12.7 Å². The molecule has 2 amide bonds. The summed E-state index contributed by atoms with van der Waals surface area (Å²) in [5.41, 5.74) is 1.22. The standard InChI is InChI=1S/C19H19FN2O3/c1-25-17-9-6-14(20)12-16(17)18(23)21-15-7-4-13(5-8-15)19(24)22-10-2-3-11-22/h4-9,12H,2-3,10-11H2,1H3,(H,21,23). The number of methoxy groups -OCH3 is 1. The Morgan fingerprint density at radius 1 is 1.08 bits per heavy atom. The molecular weight excluding hydrogens is 323 g/mol. The fraction of sp³-hybridized carbons (Fsp3) is 0.263. The highest BCUT2D eigenvalue weighted by atomic mass is 19.1. The van der Waals surface area contributed by atoms with Crippen LogP contribution in [0.4, 0.5) is 10.1 Å². The molecule has 1 heterocycles. The van der Waals surface area contributed by atoms with Crippen LogP contribution in [0.1, 0.15) is 33.6 Å². The Morgan fingerprint density at radius 2 is 1.76 bits per heavy atom. The largest absolute Gasteiger partial charge is 0.496 e. The van der Waals surface area contributed by atoms with Crippen molar-refractivity contribution >= 4 is 17.5 Å². The van der Waals surface area contributed by atoms with Crippen LogP contribution in [0.3, 0.4) is 0 Å². The van der Waals surface area contributed by atoms with Crippen LogP contribution in [-0.4, -0.2) is 36.9 Å². The first kappa shape index (κ1) is 17.0. The molecule has 3 rings (SSSR count). The molecule has 0 atom stereocenters. The number of nitrogens with one attached hydrogen (secondary N) is 1. The Labute approximate surface area is 145 Å². The molecule has 0 aliphatic carbocycles. The monoisotopic (exact) mass is 342 g/mol. The zero-order valence-corrected chi connectivity index (χ0v) is 13.9. The summed E-state index contributed by atoms with van der Waals surface area (Å²) in [5.74, 6) is -0.700. The predicted octanol–water partition coefficient (Wildman–Crippen LogP) is 3.32. The first-order chi connectivity index (χ1) is 12.1. The van der Waals surface area contributed by atoms with Gasteiger partial charge in [0.2, 0.25) is 0 Å². The summed E-state index contributed by atoms with van der Waals surface area (Å²) in [5, 5.41) is 2.69. The molecule has 1 fully saturated rings. The molecule has 1 aliphatic heterocycles. The van der Waals surface area contributed by atoms with Crippen LogP contribution in [0.15, 0.2) is 42.5 Å². The lowest BCUT2D eigenvalue weighted by molar-refractivity contribution is 0.0792. The van der Waals surface area contributed by atoms with E-state index in [-0.39, 0.29) is 11.5 Å². The molecule has 5 nitrogen and oxygen atoms in total. The van der Waals surface area contributed by atoms with Crippen molar-refractivity contribution in [3.05, 3.63) is 59.4 Å². The minimum absolute atomic E-state index is 0.00202. The molecule has 0 radical (unpaired) electrons. The molecule has 130 valence electrons. The van der Waals surface area contributed by atoms with Crippen molar-refractivity contribution in [2.45, 2.75) is 12.8 Å². The summed E-state index contributed by atoms with van der Waals surface area (Å²) in [4.78, 5) is 26.5.